The van der Waals surface area contributed by atoms with Crippen LogP contribution in [0.5, 0.6) is 11.5 Å². The molecule has 0 saturated carbocycles. The highest BCUT2D eigenvalue weighted by Gasteiger charge is 2.13. The minimum absolute atomic E-state index is 0.0464. The predicted molar refractivity (Wildman–Crippen MR) is 108 cm³/mol. The first-order valence-corrected chi connectivity index (χ1v) is 9.43. The molecule has 4 rings (SSSR count). The van der Waals surface area contributed by atoms with Crippen molar-refractivity contribution in [3.63, 3.8) is 0 Å². The molecule has 0 spiro atoms. The van der Waals surface area contributed by atoms with E-state index in [0.717, 1.165) is 43.2 Å². The third-order valence-electron chi connectivity index (χ3n) is 4.92. The van der Waals surface area contributed by atoms with E-state index in [-0.39, 0.29) is 12.7 Å². The van der Waals surface area contributed by atoms with Crippen molar-refractivity contribution in [3.8, 4) is 11.5 Å². The summed E-state index contributed by atoms with van der Waals surface area (Å²) in [5, 5.41) is 0. The molecule has 2 aliphatic rings. The van der Waals surface area contributed by atoms with E-state index in [4.69, 9.17) is 14.2 Å². The third kappa shape index (κ3) is 4.28. The molecule has 2 aromatic rings. The second-order valence-electron chi connectivity index (χ2n) is 6.91. The molecule has 0 aromatic heterocycles. The molecule has 0 radical (unpaired) electrons. The lowest BCUT2D eigenvalue weighted by Crippen LogP contribution is -2.36. The molecule has 6 heteroatoms. The zero-order valence-corrected chi connectivity index (χ0v) is 16.0. The number of hydrogen-bond acceptors (Lipinski definition) is 5. The van der Waals surface area contributed by atoms with Gasteiger partial charge in [0.25, 0.3) is 0 Å². The summed E-state index contributed by atoms with van der Waals surface area (Å²) in [6.45, 7) is 4.19. The van der Waals surface area contributed by atoms with Crippen LogP contribution in [0, 0.1) is 0 Å². The third-order valence-corrected chi connectivity index (χ3v) is 4.92. The van der Waals surface area contributed by atoms with E-state index in [0.29, 0.717) is 12.3 Å². The number of carbonyl (C=O) groups excluding carboxylic acids is 1. The highest BCUT2D eigenvalue weighted by atomic mass is 16.7. The van der Waals surface area contributed by atoms with Crippen LogP contribution in [0.1, 0.15) is 11.1 Å². The molecular formula is C22H24N2O4. The lowest BCUT2D eigenvalue weighted by atomic mass is 10.1. The van der Waals surface area contributed by atoms with E-state index in [1.807, 2.05) is 25.2 Å². The highest BCUT2D eigenvalue weighted by Crippen LogP contribution is 2.32. The molecule has 0 N–H and O–H groups in total. The van der Waals surface area contributed by atoms with E-state index in [9.17, 15) is 4.79 Å². The van der Waals surface area contributed by atoms with Crippen LogP contribution >= 0.6 is 0 Å². The Balaban J connectivity index is 1.33. The van der Waals surface area contributed by atoms with Crippen molar-refractivity contribution in [2.24, 2.45) is 0 Å². The summed E-state index contributed by atoms with van der Waals surface area (Å²) in [6.07, 6.45) is 3.38. The summed E-state index contributed by atoms with van der Waals surface area (Å²) < 4.78 is 16.1. The maximum atomic E-state index is 12.4. The molecule has 1 fully saturated rings. The first-order chi connectivity index (χ1) is 13.7. The van der Waals surface area contributed by atoms with Gasteiger partial charge in [0, 0.05) is 38.4 Å². The topological polar surface area (TPSA) is 51.2 Å². The van der Waals surface area contributed by atoms with Crippen molar-refractivity contribution in [2.75, 3.05) is 45.0 Å². The Kier molecular flexibility index (Phi) is 5.48. The molecule has 0 unspecified atom stereocenters. The van der Waals surface area contributed by atoms with Crippen LogP contribution in [0.2, 0.25) is 0 Å². The molecule has 0 atom stereocenters. The lowest BCUT2D eigenvalue weighted by molar-refractivity contribution is -0.125. The quantitative estimate of drug-likeness (QED) is 0.747. The molecule has 146 valence electrons. The van der Waals surface area contributed by atoms with Gasteiger partial charge < -0.3 is 24.0 Å². The number of benzene rings is 2. The van der Waals surface area contributed by atoms with E-state index in [1.54, 1.807) is 17.1 Å². The van der Waals surface area contributed by atoms with Gasteiger partial charge in [-0.25, -0.2) is 0 Å². The molecular weight excluding hydrogens is 356 g/mol. The zero-order chi connectivity index (χ0) is 19.3. The standard InChI is InChI=1S/C22H24N2O4/c1-23(15-18-2-6-19(7-3-18)24-10-12-26-13-11-24)22(25)9-5-17-4-8-20-21(14-17)28-16-27-20/h2-9,14H,10-13,15-16H2,1H3/b9-5+. The van der Waals surface area contributed by atoms with E-state index < -0.39 is 0 Å². The van der Waals surface area contributed by atoms with Crippen LogP contribution in [0.25, 0.3) is 6.08 Å². The average molecular weight is 380 g/mol. The largest absolute Gasteiger partial charge is 0.454 e. The van der Waals surface area contributed by atoms with Gasteiger partial charge in [-0.05, 0) is 41.5 Å². The van der Waals surface area contributed by atoms with Gasteiger partial charge in [-0.15, -0.1) is 0 Å². The Bertz CT molecular complexity index is 857. The van der Waals surface area contributed by atoms with Crippen molar-refractivity contribution in [1.29, 1.82) is 0 Å². The molecule has 2 heterocycles. The van der Waals surface area contributed by atoms with Crippen LogP contribution < -0.4 is 14.4 Å². The number of amides is 1. The van der Waals surface area contributed by atoms with E-state index in [2.05, 4.69) is 29.2 Å². The van der Waals surface area contributed by atoms with Gasteiger partial charge in [-0.2, -0.15) is 0 Å². The maximum absolute atomic E-state index is 12.4. The summed E-state index contributed by atoms with van der Waals surface area (Å²) in [4.78, 5) is 16.4. The normalized spacial score (nSPS) is 15.8. The van der Waals surface area contributed by atoms with Gasteiger partial charge in [0.2, 0.25) is 12.7 Å². The molecule has 1 saturated heterocycles. The van der Waals surface area contributed by atoms with Crippen molar-refractivity contribution in [1.82, 2.24) is 4.90 Å². The van der Waals surface area contributed by atoms with E-state index >= 15 is 0 Å². The number of anilines is 1. The van der Waals surface area contributed by atoms with Gasteiger partial charge in [0.15, 0.2) is 11.5 Å². The van der Waals surface area contributed by atoms with Crippen LogP contribution in [-0.2, 0) is 16.1 Å². The van der Waals surface area contributed by atoms with Crippen molar-refractivity contribution < 1.29 is 19.0 Å². The van der Waals surface area contributed by atoms with Gasteiger partial charge in [-0.1, -0.05) is 18.2 Å². The molecule has 2 aromatic carbocycles. The summed E-state index contributed by atoms with van der Waals surface area (Å²) in [5.41, 5.74) is 3.20. The Morgan fingerprint density at radius 3 is 2.61 bits per heavy atom. The maximum Gasteiger partial charge on any atom is 0.246 e. The Morgan fingerprint density at radius 1 is 1.07 bits per heavy atom. The fraction of sp³-hybridized carbons (Fsp3) is 0.318. The van der Waals surface area contributed by atoms with Gasteiger partial charge >= 0.3 is 0 Å². The van der Waals surface area contributed by atoms with Crippen molar-refractivity contribution in [2.45, 2.75) is 6.54 Å². The Morgan fingerprint density at radius 2 is 1.82 bits per heavy atom. The second-order valence-corrected chi connectivity index (χ2v) is 6.91. The monoisotopic (exact) mass is 380 g/mol. The van der Waals surface area contributed by atoms with Gasteiger partial charge in [-0.3, -0.25) is 4.79 Å². The smallest absolute Gasteiger partial charge is 0.246 e. The van der Waals surface area contributed by atoms with Gasteiger partial charge in [0.05, 0.1) is 13.2 Å². The Labute approximate surface area is 164 Å². The number of morpholine rings is 1. The van der Waals surface area contributed by atoms with Crippen LogP contribution in [0.3, 0.4) is 0 Å². The predicted octanol–water partition coefficient (Wildman–Crippen LogP) is 2.92. The number of likely N-dealkylation sites (N-methyl/N-ethyl adjacent to an activating group) is 1. The average Bonchev–Trinajstić information content (AvgIpc) is 3.21. The van der Waals surface area contributed by atoms with Crippen molar-refractivity contribution >= 4 is 17.7 Å². The number of ether oxygens (including phenoxy) is 3. The molecule has 6 nitrogen and oxygen atoms in total. The summed E-state index contributed by atoms with van der Waals surface area (Å²) in [7, 11) is 1.81. The number of fused-ring (bicyclic) bond motifs is 1. The summed E-state index contributed by atoms with van der Waals surface area (Å²) >= 11 is 0. The minimum atomic E-state index is -0.0464. The van der Waals surface area contributed by atoms with Gasteiger partial charge in [0.1, 0.15) is 0 Å². The van der Waals surface area contributed by atoms with Crippen LogP contribution in [0.15, 0.2) is 48.5 Å². The molecule has 0 bridgehead atoms. The number of rotatable bonds is 5. The van der Waals surface area contributed by atoms with Crippen LogP contribution in [0.4, 0.5) is 5.69 Å². The summed E-state index contributed by atoms with van der Waals surface area (Å²) in [5.74, 6) is 1.40. The number of carbonyl (C=O) groups is 1. The number of hydrogen-bond donors (Lipinski definition) is 0. The Hall–Kier alpha value is -2.99. The molecule has 28 heavy (non-hydrogen) atoms. The fourth-order valence-electron chi connectivity index (χ4n) is 3.30. The van der Waals surface area contributed by atoms with Crippen LogP contribution in [-0.4, -0.2) is 51.0 Å². The summed E-state index contributed by atoms with van der Waals surface area (Å²) in [6, 6.07) is 14.0. The van der Waals surface area contributed by atoms with E-state index in [1.165, 1.54) is 5.69 Å². The number of nitrogens with zero attached hydrogens (tertiary/aromatic N) is 2. The molecule has 1 amide bonds. The first-order valence-electron chi connectivity index (χ1n) is 9.43. The minimum Gasteiger partial charge on any atom is -0.454 e. The molecule has 2 aliphatic heterocycles. The lowest BCUT2D eigenvalue weighted by Gasteiger charge is -2.29. The second kappa shape index (κ2) is 8.35. The molecule has 0 aliphatic carbocycles. The zero-order valence-electron chi connectivity index (χ0n) is 16.0. The first kappa shape index (κ1) is 18.4. The fourth-order valence-corrected chi connectivity index (χ4v) is 3.30. The SMILES string of the molecule is CN(Cc1ccc(N2CCOCC2)cc1)C(=O)/C=C/c1ccc2c(c1)OCO2. The van der Waals surface area contributed by atoms with Crippen molar-refractivity contribution in [3.05, 3.63) is 59.7 Å². The highest BCUT2D eigenvalue weighted by molar-refractivity contribution is 5.91.